The summed E-state index contributed by atoms with van der Waals surface area (Å²) in [5, 5.41) is 7.67. The molecule has 2 atom stereocenters. The van der Waals surface area contributed by atoms with Crippen LogP contribution in [-0.4, -0.2) is 36.5 Å². The highest BCUT2D eigenvalue weighted by atomic mass is 16.5. The molecule has 0 aliphatic carbocycles. The summed E-state index contributed by atoms with van der Waals surface area (Å²) >= 11 is 0. The fraction of sp³-hybridized carbons (Fsp3) is 0.500. The molecule has 3 rings (SSSR count). The molecule has 0 saturated carbocycles. The molecule has 22 heavy (non-hydrogen) atoms. The van der Waals surface area contributed by atoms with Crippen LogP contribution >= 0.6 is 0 Å². The second kappa shape index (κ2) is 6.46. The molecule has 118 valence electrons. The summed E-state index contributed by atoms with van der Waals surface area (Å²) in [6, 6.07) is 5.48. The summed E-state index contributed by atoms with van der Waals surface area (Å²) in [5.41, 5.74) is 2.16. The van der Waals surface area contributed by atoms with E-state index in [0.29, 0.717) is 17.9 Å². The fourth-order valence-corrected chi connectivity index (χ4v) is 2.49. The molecular weight excluding hydrogens is 284 g/mol. The first-order chi connectivity index (χ1) is 10.6. The highest BCUT2D eigenvalue weighted by Gasteiger charge is 2.20. The second-order valence-electron chi connectivity index (χ2n) is 5.58. The maximum atomic E-state index is 12.1. The van der Waals surface area contributed by atoms with Gasteiger partial charge in [-0.1, -0.05) is 5.16 Å². The molecule has 2 aromatic rings. The molecule has 1 N–H and O–H groups in total. The van der Waals surface area contributed by atoms with Crippen LogP contribution in [0.15, 0.2) is 22.7 Å². The lowest BCUT2D eigenvalue weighted by Gasteiger charge is -2.16. The number of nitrogens with zero attached hydrogens (tertiary/aromatic N) is 1. The van der Waals surface area contributed by atoms with Gasteiger partial charge in [-0.05, 0) is 38.8 Å². The number of fused-ring (bicyclic) bond motifs is 1. The van der Waals surface area contributed by atoms with Gasteiger partial charge in [-0.2, -0.15) is 0 Å². The second-order valence-corrected chi connectivity index (χ2v) is 5.58. The van der Waals surface area contributed by atoms with E-state index in [1.165, 1.54) is 0 Å². The van der Waals surface area contributed by atoms with Crippen LogP contribution in [0.25, 0.3) is 11.0 Å². The Bertz CT molecular complexity index is 661. The lowest BCUT2D eigenvalue weighted by Crippen LogP contribution is -2.30. The van der Waals surface area contributed by atoms with Crippen LogP contribution in [0.5, 0.6) is 0 Å². The van der Waals surface area contributed by atoms with Crippen molar-refractivity contribution in [2.75, 3.05) is 18.5 Å². The highest BCUT2D eigenvalue weighted by Crippen LogP contribution is 2.22. The van der Waals surface area contributed by atoms with Gasteiger partial charge in [0, 0.05) is 23.7 Å². The molecule has 6 heteroatoms. The van der Waals surface area contributed by atoms with Gasteiger partial charge in [-0.25, -0.2) is 0 Å². The first-order valence-corrected chi connectivity index (χ1v) is 7.53. The van der Waals surface area contributed by atoms with Crippen molar-refractivity contribution in [2.24, 2.45) is 0 Å². The van der Waals surface area contributed by atoms with Crippen molar-refractivity contribution < 1.29 is 18.8 Å². The van der Waals surface area contributed by atoms with Gasteiger partial charge in [0.15, 0.2) is 5.58 Å². The van der Waals surface area contributed by atoms with Crippen LogP contribution in [-0.2, 0) is 14.3 Å². The predicted octanol–water partition coefficient (Wildman–Crippen LogP) is 2.66. The number of carbonyl (C=O) groups excluding carboxylic acids is 1. The van der Waals surface area contributed by atoms with Crippen molar-refractivity contribution >= 4 is 22.6 Å². The Morgan fingerprint density at radius 1 is 1.55 bits per heavy atom. The van der Waals surface area contributed by atoms with Crippen molar-refractivity contribution in [3.05, 3.63) is 23.9 Å². The summed E-state index contributed by atoms with van der Waals surface area (Å²) < 4.78 is 16.3. The van der Waals surface area contributed by atoms with Crippen LogP contribution in [0.4, 0.5) is 5.69 Å². The predicted molar refractivity (Wildman–Crippen MR) is 81.8 cm³/mol. The number of aromatic nitrogens is 1. The summed E-state index contributed by atoms with van der Waals surface area (Å²) in [5.74, 6) is -0.186. The maximum Gasteiger partial charge on any atom is 0.253 e. The van der Waals surface area contributed by atoms with E-state index in [2.05, 4.69) is 10.5 Å². The Hall–Kier alpha value is -1.92. The summed E-state index contributed by atoms with van der Waals surface area (Å²) in [7, 11) is 0. The van der Waals surface area contributed by atoms with Crippen LogP contribution in [0.3, 0.4) is 0 Å². The third-order valence-electron chi connectivity index (χ3n) is 3.85. The van der Waals surface area contributed by atoms with E-state index >= 15 is 0 Å². The Balaban J connectivity index is 1.56. The molecule has 2 unspecified atom stereocenters. The van der Waals surface area contributed by atoms with E-state index in [0.717, 1.165) is 30.5 Å². The van der Waals surface area contributed by atoms with Gasteiger partial charge in [-0.3, -0.25) is 4.79 Å². The smallest absolute Gasteiger partial charge is 0.253 e. The number of aryl methyl sites for hydroxylation is 1. The Kier molecular flexibility index (Phi) is 4.40. The number of carbonyl (C=O) groups is 1. The number of hydrogen-bond donors (Lipinski definition) is 1. The Morgan fingerprint density at radius 2 is 2.41 bits per heavy atom. The molecule has 1 fully saturated rings. The topological polar surface area (TPSA) is 73.6 Å². The van der Waals surface area contributed by atoms with Gasteiger partial charge < -0.3 is 19.3 Å². The molecule has 2 heterocycles. The minimum atomic E-state index is -0.531. The minimum Gasteiger partial charge on any atom is -0.376 e. The summed E-state index contributed by atoms with van der Waals surface area (Å²) in [6.07, 6.45) is 1.64. The molecule has 0 bridgehead atoms. The van der Waals surface area contributed by atoms with Crippen molar-refractivity contribution in [3.63, 3.8) is 0 Å². The molecule has 1 aromatic heterocycles. The van der Waals surface area contributed by atoms with E-state index in [4.69, 9.17) is 14.0 Å². The van der Waals surface area contributed by atoms with Gasteiger partial charge >= 0.3 is 0 Å². The van der Waals surface area contributed by atoms with Crippen LogP contribution in [0.1, 0.15) is 25.5 Å². The zero-order chi connectivity index (χ0) is 15.5. The van der Waals surface area contributed by atoms with E-state index in [-0.39, 0.29) is 12.0 Å². The SMILES string of the molecule is Cc1noc2cc(NC(=O)C(C)OCC3CCCO3)ccc12. The van der Waals surface area contributed by atoms with E-state index in [1.807, 2.05) is 19.1 Å². The number of hydrogen-bond acceptors (Lipinski definition) is 5. The van der Waals surface area contributed by atoms with E-state index in [1.54, 1.807) is 13.0 Å². The van der Waals surface area contributed by atoms with Crippen molar-refractivity contribution in [1.82, 2.24) is 5.16 Å². The molecule has 1 saturated heterocycles. The number of nitrogens with one attached hydrogen (secondary N) is 1. The summed E-state index contributed by atoms with van der Waals surface area (Å²) in [4.78, 5) is 12.1. The van der Waals surface area contributed by atoms with Crippen molar-refractivity contribution in [1.29, 1.82) is 0 Å². The van der Waals surface area contributed by atoms with Crippen LogP contribution in [0, 0.1) is 6.92 Å². The average molecular weight is 304 g/mol. The van der Waals surface area contributed by atoms with Gasteiger partial charge in [0.1, 0.15) is 6.10 Å². The van der Waals surface area contributed by atoms with Gasteiger partial charge in [-0.15, -0.1) is 0 Å². The zero-order valence-electron chi connectivity index (χ0n) is 12.8. The molecule has 1 aliphatic rings. The first-order valence-electron chi connectivity index (χ1n) is 7.53. The molecular formula is C16H20N2O4. The Labute approximate surface area is 128 Å². The molecule has 0 radical (unpaired) electrons. The average Bonchev–Trinajstić information content (AvgIpc) is 3.15. The molecule has 0 spiro atoms. The van der Waals surface area contributed by atoms with Crippen LogP contribution in [0.2, 0.25) is 0 Å². The number of benzene rings is 1. The largest absolute Gasteiger partial charge is 0.376 e. The number of anilines is 1. The lowest BCUT2D eigenvalue weighted by atomic mass is 10.2. The molecule has 1 aromatic carbocycles. The molecule has 1 amide bonds. The monoisotopic (exact) mass is 304 g/mol. The fourth-order valence-electron chi connectivity index (χ4n) is 2.49. The first kappa shape index (κ1) is 15.0. The molecule has 1 aliphatic heterocycles. The maximum absolute atomic E-state index is 12.1. The lowest BCUT2D eigenvalue weighted by molar-refractivity contribution is -0.128. The van der Waals surface area contributed by atoms with E-state index < -0.39 is 6.10 Å². The summed E-state index contributed by atoms with van der Waals surface area (Å²) in [6.45, 7) is 4.85. The van der Waals surface area contributed by atoms with Crippen molar-refractivity contribution in [3.8, 4) is 0 Å². The van der Waals surface area contributed by atoms with E-state index in [9.17, 15) is 4.79 Å². The standard InChI is InChI=1S/C16H20N2O4/c1-10-14-6-5-12(8-15(14)22-18-10)17-16(19)11(2)21-9-13-4-3-7-20-13/h5-6,8,11,13H,3-4,7,9H2,1-2H3,(H,17,19). The third-order valence-corrected chi connectivity index (χ3v) is 3.85. The quantitative estimate of drug-likeness (QED) is 0.919. The Morgan fingerprint density at radius 3 is 3.18 bits per heavy atom. The van der Waals surface area contributed by atoms with Crippen molar-refractivity contribution in [2.45, 2.75) is 38.9 Å². The normalized spacial score (nSPS) is 19.5. The number of rotatable bonds is 5. The van der Waals surface area contributed by atoms with Gasteiger partial charge in [0.05, 0.1) is 18.4 Å². The molecule has 6 nitrogen and oxygen atoms in total. The highest BCUT2D eigenvalue weighted by molar-refractivity contribution is 5.95. The number of ether oxygens (including phenoxy) is 2. The van der Waals surface area contributed by atoms with Crippen LogP contribution < -0.4 is 5.32 Å². The van der Waals surface area contributed by atoms with Gasteiger partial charge in [0.2, 0.25) is 0 Å². The minimum absolute atomic E-state index is 0.115. The zero-order valence-corrected chi connectivity index (χ0v) is 12.8. The van der Waals surface area contributed by atoms with Gasteiger partial charge in [0.25, 0.3) is 5.91 Å². The number of amides is 1. The third kappa shape index (κ3) is 3.28.